The van der Waals surface area contributed by atoms with Crippen LogP contribution in [0.15, 0.2) is 0 Å². The summed E-state index contributed by atoms with van der Waals surface area (Å²) < 4.78 is 0. The van der Waals surface area contributed by atoms with Crippen molar-refractivity contribution in [2.24, 2.45) is 11.3 Å². The Morgan fingerprint density at radius 3 is 2.75 bits per heavy atom. The summed E-state index contributed by atoms with van der Waals surface area (Å²) in [6.07, 6.45) is 5.30. The molecule has 0 bridgehead atoms. The van der Waals surface area contributed by atoms with Crippen LogP contribution in [0.2, 0.25) is 0 Å². The minimum Gasteiger partial charge on any atom is -0.392 e. The maximum absolute atomic E-state index is 12.6. The van der Waals surface area contributed by atoms with Gasteiger partial charge in [-0.2, -0.15) is 0 Å². The van der Waals surface area contributed by atoms with E-state index in [1.54, 1.807) is 0 Å². The molecule has 136 valence electrons. The van der Waals surface area contributed by atoms with Crippen LogP contribution in [-0.2, 0) is 9.59 Å². The zero-order valence-electron chi connectivity index (χ0n) is 14.8. The van der Waals surface area contributed by atoms with Crippen molar-refractivity contribution in [1.29, 1.82) is 0 Å². The van der Waals surface area contributed by atoms with Crippen molar-refractivity contribution in [3.63, 3.8) is 0 Å². The first-order valence-electron chi connectivity index (χ1n) is 9.44. The number of piperidine rings is 3. The van der Waals surface area contributed by atoms with Crippen molar-refractivity contribution in [1.82, 2.24) is 15.1 Å². The van der Waals surface area contributed by atoms with Gasteiger partial charge < -0.3 is 20.2 Å². The van der Waals surface area contributed by atoms with E-state index >= 15 is 0 Å². The van der Waals surface area contributed by atoms with Crippen LogP contribution in [0.25, 0.3) is 0 Å². The molecular weight excluding hydrogens is 306 g/mol. The van der Waals surface area contributed by atoms with Gasteiger partial charge >= 0.3 is 0 Å². The lowest BCUT2D eigenvalue weighted by Crippen LogP contribution is -2.62. The summed E-state index contributed by atoms with van der Waals surface area (Å²) in [5.74, 6) is 0.722. The summed E-state index contributed by atoms with van der Waals surface area (Å²) in [7, 11) is 2.15. The smallest absolute Gasteiger partial charge is 0.230 e. The Bertz CT molecular complexity index is 476. The fraction of sp³-hybridized carbons (Fsp3) is 0.889. The van der Waals surface area contributed by atoms with Crippen molar-refractivity contribution >= 4 is 11.8 Å². The van der Waals surface area contributed by atoms with E-state index in [1.165, 1.54) is 12.8 Å². The Morgan fingerprint density at radius 2 is 2.04 bits per heavy atom. The van der Waals surface area contributed by atoms with Gasteiger partial charge in [0.25, 0.3) is 0 Å². The number of aliphatic hydroxyl groups is 1. The minimum atomic E-state index is -0.778. The molecule has 3 heterocycles. The molecule has 0 saturated carbocycles. The van der Waals surface area contributed by atoms with E-state index in [9.17, 15) is 14.7 Å². The van der Waals surface area contributed by atoms with Crippen LogP contribution in [0.5, 0.6) is 0 Å². The largest absolute Gasteiger partial charge is 0.392 e. The molecule has 24 heavy (non-hydrogen) atoms. The van der Waals surface area contributed by atoms with Gasteiger partial charge in [0.1, 0.15) is 0 Å². The lowest BCUT2D eigenvalue weighted by atomic mass is 9.71. The average Bonchev–Trinajstić information content (AvgIpc) is 2.59. The molecule has 3 aliphatic rings. The predicted octanol–water partition coefficient (Wildman–Crippen LogP) is 0.598. The lowest BCUT2D eigenvalue weighted by molar-refractivity contribution is -0.154. The molecule has 1 spiro atoms. The van der Waals surface area contributed by atoms with E-state index in [0.717, 1.165) is 25.9 Å². The van der Waals surface area contributed by atoms with E-state index in [1.807, 2.05) is 4.90 Å². The van der Waals surface area contributed by atoms with Crippen LogP contribution < -0.4 is 5.32 Å². The van der Waals surface area contributed by atoms with Crippen LogP contribution >= 0.6 is 0 Å². The molecule has 0 aliphatic carbocycles. The molecule has 0 aromatic carbocycles. The van der Waals surface area contributed by atoms with Crippen LogP contribution in [0.3, 0.4) is 0 Å². The summed E-state index contributed by atoms with van der Waals surface area (Å²) in [5, 5.41) is 13.3. The van der Waals surface area contributed by atoms with Gasteiger partial charge in [-0.05, 0) is 64.6 Å². The maximum Gasteiger partial charge on any atom is 0.230 e. The van der Waals surface area contributed by atoms with Crippen LogP contribution in [0.4, 0.5) is 0 Å². The van der Waals surface area contributed by atoms with Gasteiger partial charge in [0.05, 0.1) is 11.5 Å². The first kappa shape index (κ1) is 17.7. The second kappa shape index (κ2) is 7.40. The summed E-state index contributed by atoms with van der Waals surface area (Å²) in [6, 6.07) is 0. The zero-order chi connectivity index (χ0) is 17.2. The number of likely N-dealkylation sites (tertiary alicyclic amines) is 2. The highest BCUT2D eigenvalue weighted by atomic mass is 16.3. The first-order valence-corrected chi connectivity index (χ1v) is 9.44. The Labute approximate surface area is 144 Å². The fourth-order valence-corrected chi connectivity index (χ4v) is 4.49. The third kappa shape index (κ3) is 3.59. The number of carbonyl (C=O) groups is 2. The first-order chi connectivity index (χ1) is 11.5. The standard InChI is InChI=1S/C18H31N3O3/c1-20-10-5-14(6-11-20)3-4-16(23)21-12-7-15(22)18(13-21)8-2-9-19-17(18)24/h14-15,22H,2-13H2,1H3,(H,19,24)/t15-,18+/m0/s1. The number of aliphatic hydroxyl groups excluding tert-OH is 1. The van der Waals surface area contributed by atoms with Crippen LogP contribution in [0.1, 0.15) is 44.9 Å². The van der Waals surface area contributed by atoms with Crippen molar-refractivity contribution in [3.8, 4) is 0 Å². The average molecular weight is 337 g/mol. The van der Waals surface area contributed by atoms with Gasteiger partial charge in [-0.3, -0.25) is 9.59 Å². The summed E-state index contributed by atoms with van der Waals surface area (Å²) in [4.78, 5) is 29.2. The molecule has 6 heteroatoms. The normalized spacial score (nSPS) is 32.8. The molecular formula is C18H31N3O3. The molecule has 0 aromatic heterocycles. The Hall–Kier alpha value is -1.14. The van der Waals surface area contributed by atoms with Crippen molar-refractivity contribution < 1.29 is 14.7 Å². The number of nitrogens with one attached hydrogen (secondary N) is 1. The second-order valence-electron chi connectivity index (χ2n) is 7.92. The maximum atomic E-state index is 12.6. The number of nitrogens with zero attached hydrogens (tertiary/aromatic N) is 2. The number of carbonyl (C=O) groups excluding carboxylic acids is 2. The molecule has 0 unspecified atom stereocenters. The molecule has 3 saturated heterocycles. The highest BCUT2D eigenvalue weighted by Crippen LogP contribution is 2.37. The SMILES string of the molecule is CN1CCC(CCC(=O)N2CC[C@H](O)[C@@]3(CCCNC3=O)C2)CC1. The molecule has 3 rings (SSSR count). The third-order valence-corrected chi connectivity index (χ3v) is 6.28. The minimum absolute atomic E-state index is 0.0749. The summed E-state index contributed by atoms with van der Waals surface area (Å²) in [6.45, 7) is 3.88. The lowest BCUT2D eigenvalue weighted by Gasteiger charge is -2.47. The number of amides is 2. The van der Waals surface area contributed by atoms with Crippen molar-refractivity contribution in [2.45, 2.75) is 51.0 Å². The molecule has 3 fully saturated rings. The number of hydrogen-bond donors (Lipinski definition) is 2. The summed E-state index contributed by atoms with van der Waals surface area (Å²) in [5.41, 5.74) is -0.778. The molecule has 0 aromatic rings. The van der Waals surface area contributed by atoms with Gasteiger partial charge in [0, 0.05) is 26.1 Å². The Balaban J connectivity index is 1.54. The molecule has 2 atom stereocenters. The van der Waals surface area contributed by atoms with E-state index < -0.39 is 11.5 Å². The van der Waals surface area contributed by atoms with E-state index in [-0.39, 0.29) is 11.8 Å². The van der Waals surface area contributed by atoms with Gasteiger partial charge in [-0.25, -0.2) is 0 Å². The molecule has 3 aliphatic heterocycles. The van der Waals surface area contributed by atoms with Crippen molar-refractivity contribution in [2.75, 3.05) is 39.8 Å². The van der Waals surface area contributed by atoms with Gasteiger partial charge in [0.2, 0.25) is 11.8 Å². The van der Waals surface area contributed by atoms with Gasteiger partial charge in [-0.1, -0.05) is 0 Å². The molecule has 0 radical (unpaired) electrons. The van der Waals surface area contributed by atoms with Crippen LogP contribution in [0, 0.1) is 11.3 Å². The van der Waals surface area contributed by atoms with E-state index in [0.29, 0.717) is 44.8 Å². The predicted molar refractivity (Wildman–Crippen MR) is 91.3 cm³/mol. The molecule has 6 nitrogen and oxygen atoms in total. The fourth-order valence-electron chi connectivity index (χ4n) is 4.49. The second-order valence-corrected chi connectivity index (χ2v) is 7.92. The third-order valence-electron chi connectivity index (χ3n) is 6.28. The van der Waals surface area contributed by atoms with Crippen LogP contribution in [-0.4, -0.2) is 72.6 Å². The summed E-state index contributed by atoms with van der Waals surface area (Å²) >= 11 is 0. The van der Waals surface area contributed by atoms with E-state index in [2.05, 4.69) is 17.3 Å². The zero-order valence-corrected chi connectivity index (χ0v) is 14.8. The highest BCUT2D eigenvalue weighted by Gasteiger charge is 2.50. The number of hydrogen-bond acceptors (Lipinski definition) is 4. The highest BCUT2D eigenvalue weighted by molar-refractivity contribution is 5.86. The quantitative estimate of drug-likeness (QED) is 0.791. The van der Waals surface area contributed by atoms with Gasteiger partial charge in [0.15, 0.2) is 0 Å². The Morgan fingerprint density at radius 1 is 1.29 bits per heavy atom. The monoisotopic (exact) mass is 337 g/mol. The van der Waals surface area contributed by atoms with E-state index in [4.69, 9.17) is 0 Å². The molecule has 2 N–H and O–H groups in total. The topological polar surface area (TPSA) is 72.9 Å². The van der Waals surface area contributed by atoms with Gasteiger partial charge in [-0.15, -0.1) is 0 Å². The van der Waals surface area contributed by atoms with Crippen molar-refractivity contribution in [3.05, 3.63) is 0 Å². The Kier molecular flexibility index (Phi) is 5.45. The number of rotatable bonds is 3. The molecule has 2 amide bonds.